The Balaban J connectivity index is 2.14. The largest absolute Gasteiger partial charge is 0.444 e. The second-order valence-corrected chi connectivity index (χ2v) is 5.91. The van der Waals surface area contributed by atoms with Crippen LogP contribution in [0.3, 0.4) is 0 Å². The summed E-state index contributed by atoms with van der Waals surface area (Å²) >= 11 is 3.54. The van der Waals surface area contributed by atoms with E-state index in [1.54, 1.807) is 0 Å². The van der Waals surface area contributed by atoms with Gasteiger partial charge in [0.25, 0.3) is 0 Å². The van der Waals surface area contributed by atoms with E-state index < -0.39 is 5.60 Å². The van der Waals surface area contributed by atoms with Gasteiger partial charge in [0, 0.05) is 11.4 Å². The number of alkyl halides is 1. The predicted octanol–water partition coefficient (Wildman–Crippen LogP) is 2.68. The molecule has 1 atom stereocenters. The number of alkyl carbamates (subject to hydrolysis) is 1. The minimum atomic E-state index is -0.411. The molecule has 1 aliphatic rings. The Morgan fingerprint density at radius 1 is 1.57 bits per heavy atom. The molecule has 82 valence electrons. The second kappa shape index (κ2) is 4.51. The molecule has 14 heavy (non-hydrogen) atoms. The lowest BCUT2D eigenvalue weighted by Gasteiger charge is -2.20. The van der Waals surface area contributed by atoms with Crippen LogP contribution >= 0.6 is 15.9 Å². The highest BCUT2D eigenvalue weighted by atomic mass is 79.9. The van der Waals surface area contributed by atoms with Crippen molar-refractivity contribution in [1.29, 1.82) is 0 Å². The first-order valence-corrected chi connectivity index (χ1v) is 5.91. The zero-order chi connectivity index (χ0) is 10.8. The molecule has 0 aromatic heterocycles. The highest BCUT2D eigenvalue weighted by Crippen LogP contribution is 2.36. The van der Waals surface area contributed by atoms with Crippen molar-refractivity contribution in [2.24, 2.45) is 5.92 Å². The average Bonchev–Trinajstić information content (AvgIpc) is 2.78. The first-order chi connectivity index (χ1) is 6.38. The molecule has 1 unspecified atom stereocenters. The molecule has 3 nitrogen and oxygen atoms in total. The number of hydrogen-bond acceptors (Lipinski definition) is 2. The topological polar surface area (TPSA) is 38.3 Å². The monoisotopic (exact) mass is 263 g/mol. The van der Waals surface area contributed by atoms with Gasteiger partial charge in [-0.3, -0.25) is 0 Å². The number of amides is 1. The van der Waals surface area contributed by atoms with E-state index >= 15 is 0 Å². The third-order valence-corrected chi connectivity index (χ3v) is 3.05. The van der Waals surface area contributed by atoms with E-state index in [2.05, 4.69) is 21.2 Å². The molecule has 1 amide bonds. The van der Waals surface area contributed by atoms with Crippen LogP contribution in [-0.2, 0) is 4.74 Å². The molecule has 0 saturated heterocycles. The Morgan fingerprint density at radius 3 is 2.57 bits per heavy atom. The lowest BCUT2D eigenvalue weighted by Crippen LogP contribution is -2.35. The van der Waals surface area contributed by atoms with E-state index in [-0.39, 0.29) is 6.09 Å². The number of halogens is 1. The van der Waals surface area contributed by atoms with Crippen LogP contribution in [0.4, 0.5) is 4.79 Å². The number of carbonyl (C=O) groups is 1. The van der Waals surface area contributed by atoms with Gasteiger partial charge in [-0.25, -0.2) is 4.79 Å². The van der Waals surface area contributed by atoms with Crippen molar-refractivity contribution in [3.8, 4) is 0 Å². The van der Waals surface area contributed by atoms with Gasteiger partial charge in [-0.1, -0.05) is 15.9 Å². The lowest BCUT2D eigenvalue weighted by atomic mass is 10.2. The predicted molar refractivity (Wildman–Crippen MR) is 59.7 cm³/mol. The molecular formula is C10H18BrNO2. The molecule has 0 bridgehead atoms. The summed E-state index contributed by atoms with van der Waals surface area (Å²) < 4.78 is 5.12. The van der Waals surface area contributed by atoms with Crippen LogP contribution in [-0.4, -0.2) is 23.1 Å². The summed E-state index contributed by atoms with van der Waals surface area (Å²) in [5.74, 6) is 0.741. The van der Waals surface area contributed by atoms with Crippen LogP contribution in [0.25, 0.3) is 0 Å². The Morgan fingerprint density at radius 2 is 2.14 bits per heavy atom. The fourth-order valence-corrected chi connectivity index (χ4v) is 1.81. The van der Waals surface area contributed by atoms with Gasteiger partial charge >= 0.3 is 6.09 Å². The van der Waals surface area contributed by atoms with E-state index in [0.29, 0.717) is 11.4 Å². The standard InChI is InChI=1S/C10H18BrNO2/c1-10(2,3)14-9(13)12-6-8(11)7-4-5-7/h7-8H,4-6H2,1-3H3,(H,12,13). The van der Waals surface area contributed by atoms with Crippen molar-refractivity contribution in [2.45, 2.75) is 44.0 Å². The summed E-state index contributed by atoms with van der Waals surface area (Å²) in [7, 11) is 0. The zero-order valence-electron chi connectivity index (χ0n) is 8.97. The minimum absolute atomic E-state index is 0.331. The summed E-state index contributed by atoms with van der Waals surface area (Å²) in [5, 5.41) is 2.75. The molecule has 1 aliphatic carbocycles. The maximum atomic E-state index is 11.3. The minimum Gasteiger partial charge on any atom is -0.444 e. The smallest absolute Gasteiger partial charge is 0.407 e. The van der Waals surface area contributed by atoms with E-state index in [0.717, 1.165) is 5.92 Å². The Hall–Kier alpha value is -0.250. The summed E-state index contributed by atoms with van der Waals surface area (Å²) in [4.78, 5) is 11.7. The summed E-state index contributed by atoms with van der Waals surface area (Å²) in [5.41, 5.74) is -0.411. The van der Waals surface area contributed by atoms with E-state index in [1.165, 1.54) is 12.8 Å². The van der Waals surface area contributed by atoms with Gasteiger partial charge in [-0.2, -0.15) is 0 Å². The van der Waals surface area contributed by atoms with Gasteiger partial charge in [0.1, 0.15) is 5.60 Å². The molecule has 4 heteroatoms. The number of carbonyl (C=O) groups excluding carboxylic acids is 1. The highest BCUT2D eigenvalue weighted by molar-refractivity contribution is 9.09. The average molecular weight is 264 g/mol. The molecular weight excluding hydrogens is 246 g/mol. The number of hydrogen-bond donors (Lipinski definition) is 1. The summed E-state index contributed by atoms with van der Waals surface area (Å²) in [6.45, 7) is 6.23. The maximum Gasteiger partial charge on any atom is 0.407 e. The summed E-state index contributed by atoms with van der Waals surface area (Å²) in [6.07, 6.45) is 2.21. The molecule has 1 N–H and O–H groups in total. The molecule has 0 heterocycles. The van der Waals surface area contributed by atoms with Gasteiger partial charge in [-0.15, -0.1) is 0 Å². The second-order valence-electron chi connectivity index (χ2n) is 4.74. The lowest BCUT2D eigenvalue weighted by molar-refractivity contribution is 0.0527. The highest BCUT2D eigenvalue weighted by Gasteiger charge is 2.29. The van der Waals surface area contributed by atoms with Crippen molar-refractivity contribution in [3.05, 3.63) is 0 Å². The molecule has 1 saturated carbocycles. The third-order valence-electron chi connectivity index (χ3n) is 1.97. The maximum absolute atomic E-state index is 11.3. The zero-order valence-corrected chi connectivity index (χ0v) is 10.6. The van der Waals surface area contributed by atoms with Gasteiger partial charge < -0.3 is 10.1 Å². The van der Waals surface area contributed by atoms with Crippen LogP contribution in [0.15, 0.2) is 0 Å². The number of ether oxygens (including phenoxy) is 1. The van der Waals surface area contributed by atoms with Gasteiger partial charge in [0.05, 0.1) is 0 Å². The Labute approximate surface area is 93.7 Å². The molecule has 1 rings (SSSR count). The van der Waals surface area contributed by atoms with Crippen molar-refractivity contribution >= 4 is 22.0 Å². The van der Waals surface area contributed by atoms with Gasteiger partial charge in [0.15, 0.2) is 0 Å². The van der Waals surface area contributed by atoms with E-state index in [9.17, 15) is 4.79 Å². The summed E-state index contributed by atoms with van der Waals surface area (Å²) in [6, 6.07) is 0. The Bertz CT molecular complexity index is 209. The molecule has 0 aromatic carbocycles. The van der Waals surface area contributed by atoms with Crippen molar-refractivity contribution in [3.63, 3.8) is 0 Å². The van der Waals surface area contributed by atoms with Crippen LogP contribution in [0.2, 0.25) is 0 Å². The molecule has 0 spiro atoms. The van der Waals surface area contributed by atoms with Crippen molar-refractivity contribution in [1.82, 2.24) is 5.32 Å². The molecule has 0 aliphatic heterocycles. The van der Waals surface area contributed by atoms with Crippen molar-refractivity contribution in [2.75, 3.05) is 6.54 Å². The third kappa shape index (κ3) is 4.84. The van der Waals surface area contributed by atoms with Crippen LogP contribution in [0.5, 0.6) is 0 Å². The first kappa shape index (κ1) is 11.8. The van der Waals surface area contributed by atoms with Crippen LogP contribution in [0.1, 0.15) is 33.6 Å². The van der Waals surface area contributed by atoms with E-state index in [4.69, 9.17) is 4.74 Å². The van der Waals surface area contributed by atoms with E-state index in [1.807, 2.05) is 20.8 Å². The fraction of sp³-hybridized carbons (Fsp3) is 0.900. The number of nitrogens with one attached hydrogen (secondary N) is 1. The van der Waals surface area contributed by atoms with Crippen LogP contribution in [0, 0.1) is 5.92 Å². The quantitative estimate of drug-likeness (QED) is 0.796. The first-order valence-electron chi connectivity index (χ1n) is 4.99. The van der Waals surface area contributed by atoms with Crippen molar-refractivity contribution < 1.29 is 9.53 Å². The van der Waals surface area contributed by atoms with Crippen LogP contribution < -0.4 is 5.32 Å². The normalized spacial score (nSPS) is 18.9. The van der Waals surface area contributed by atoms with Gasteiger partial charge in [-0.05, 0) is 39.5 Å². The van der Waals surface area contributed by atoms with Gasteiger partial charge in [0.2, 0.25) is 0 Å². The number of rotatable bonds is 3. The molecule has 0 radical (unpaired) electrons. The fourth-order valence-electron chi connectivity index (χ4n) is 1.12. The Kier molecular flexibility index (Phi) is 3.81. The SMILES string of the molecule is CC(C)(C)OC(=O)NCC(Br)C1CC1. The molecule has 1 fully saturated rings. The molecule has 0 aromatic rings.